The molecule has 0 aromatic carbocycles. The van der Waals surface area contributed by atoms with Crippen LogP contribution >= 0.6 is 0 Å². The molecule has 24 heavy (non-hydrogen) atoms. The van der Waals surface area contributed by atoms with Gasteiger partial charge in [0.05, 0.1) is 13.2 Å². The van der Waals surface area contributed by atoms with Crippen molar-refractivity contribution in [2.24, 2.45) is 11.8 Å². The number of hydrogen-bond donors (Lipinski definition) is 0. The normalized spacial score (nSPS) is 30.2. The number of carbonyl (C=O) groups is 2. The first-order valence-corrected chi connectivity index (χ1v) is 8.83. The first-order valence-electron chi connectivity index (χ1n) is 8.83. The van der Waals surface area contributed by atoms with Crippen LogP contribution in [-0.4, -0.2) is 73.1 Å². The van der Waals surface area contributed by atoms with E-state index in [1.54, 1.807) is 9.80 Å². The minimum atomic E-state index is -0.483. The van der Waals surface area contributed by atoms with Crippen molar-refractivity contribution in [2.75, 3.05) is 39.4 Å². The van der Waals surface area contributed by atoms with Crippen molar-refractivity contribution in [3.05, 3.63) is 0 Å². The van der Waals surface area contributed by atoms with E-state index in [-0.39, 0.29) is 18.3 Å². The van der Waals surface area contributed by atoms with Gasteiger partial charge < -0.3 is 24.0 Å². The van der Waals surface area contributed by atoms with Gasteiger partial charge in [0.25, 0.3) is 0 Å². The molecule has 0 aromatic rings. The number of likely N-dealkylation sites (tertiary alicyclic amines) is 2. The SMILES string of the molecule is CC(C)(C)OC(=O)N1CCC2CN(C(=O)OC3CCOC3)CC2C1. The highest BCUT2D eigenvalue weighted by Gasteiger charge is 2.41. The Labute approximate surface area is 143 Å². The molecule has 7 heteroatoms. The average molecular weight is 340 g/mol. The van der Waals surface area contributed by atoms with Gasteiger partial charge >= 0.3 is 12.2 Å². The van der Waals surface area contributed by atoms with Crippen molar-refractivity contribution in [3.8, 4) is 0 Å². The van der Waals surface area contributed by atoms with Crippen LogP contribution in [0.3, 0.4) is 0 Å². The zero-order chi connectivity index (χ0) is 17.3. The summed E-state index contributed by atoms with van der Waals surface area (Å²) in [5.41, 5.74) is -0.483. The maximum Gasteiger partial charge on any atom is 0.410 e. The van der Waals surface area contributed by atoms with E-state index >= 15 is 0 Å². The summed E-state index contributed by atoms with van der Waals surface area (Å²) < 4.78 is 16.2. The lowest BCUT2D eigenvalue weighted by molar-refractivity contribution is 0.0139. The smallest absolute Gasteiger partial charge is 0.410 e. The van der Waals surface area contributed by atoms with E-state index in [4.69, 9.17) is 14.2 Å². The van der Waals surface area contributed by atoms with Crippen LogP contribution in [0.1, 0.15) is 33.6 Å². The quantitative estimate of drug-likeness (QED) is 0.731. The topological polar surface area (TPSA) is 68.3 Å². The minimum Gasteiger partial charge on any atom is -0.444 e. The summed E-state index contributed by atoms with van der Waals surface area (Å²) in [6, 6.07) is 0. The molecule has 0 aliphatic carbocycles. The van der Waals surface area contributed by atoms with Crippen molar-refractivity contribution in [1.29, 1.82) is 0 Å². The molecule has 7 nitrogen and oxygen atoms in total. The van der Waals surface area contributed by atoms with E-state index in [9.17, 15) is 9.59 Å². The molecular weight excluding hydrogens is 312 g/mol. The van der Waals surface area contributed by atoms with Gasteiger partial charge in [-0.2, -0.15) is 0 Å². The van der Waals surface area contributed by atoms with Gasteiger partial charge in [0.1, 0.15) is 11.7 Å². The number of amides is 2. The van der Waals surface area contributed by atoms with Crippen LogP contribution in [0, 0.1) is 11.8 Å². The van der Waals surface area contributed by atoms with Crippen LogP contribution in [0.5, 0.6) is 0 Å². The Morgan fingerprint density at radius 2 is 1.71 bits per heavy atom. The van der Waals surface area contributed by atoms with Crippen molar-refractivity contribution in [3.63, 3.8) is 0 Å². The van der Waals surface area contributed by atoms with Crippen LogP contribution in [0.4, 0.5) is 9.59 Å². The second-order valence-electron chi connectivity index (χ2n) is 8.01. The van der Waals surface area contributed by atoms with E-state index in [1.165, 1.54) is 0 Å². The van der Waals surface area contributed by atoms with E-state index in [1.807, 2.05) is 20.8 Å². The van der Waals surface area contributed by atoms with Gasteiger partial charge in [0.15, 0.2) is 0 Å². The second kappa shape index (κ2) is 6.78. The summed E-state index contributed by atoms with van der Waals surface area (Å²) in [7, 11) is 0. The van der Waals surface area contributed by atoms with E-state index in [2.05, 4.69) is 0 Å². The fraction of sp³-hybridized carbons (Fsp3) is 0.882. The lowest BCUT2D eigenvalue weighted by Gasteiger charge is -2.35. The number of piperidine rings is 1. The van der Waals surface area contributed by atoms with Gasteiger partial charge in [-0.3, -0.25) is 0 Å². The maximum atomic E-state index is 12.3. The van der Waals surface area contributed by atoms with E-state index < -0.39 is 5.60 Å². The summed E-state index contributed by atoms with van der Waals surface area (Å²) in [6.45, 7) is 9.49. The van der Waals surface area contributed by atoms with Gasteiger partial charge in [-0.1, -0.05) is 0 Å². The third-order valence-corrected chi connectivity index (χ3v) is 4.87. The monoisotopic (exact) mass is 340 g/mol. The van der Waals surface area contributed by atoms with Crippen LogP contribution < -0.4 is 0 Å². The first-order chi connectivity index (χ1) is 11.3. The molecule has 2 amide bonds. The Morgan fingerprint density at radius 3 is 2.38 bits per heavy atom. The predicted octanol–water partition coefficient (Wildman–Crippen LogP) is 2.10. The summed E-state index contributed by atoms with van der Waals surface area (Å²) >= 11 is 0. The molecule has 3 unspecified atom stereocenters. The highest BCUT2D eigenvalue weighted by Crippen LogP contribution is 2.32. The molecule has 0 saturated carbocycles. The molecule has 3 heterocycles. The van der Waals surface area contributed by atoms with Crippen LogP contribution in [0.15, 0.2) is 0 Å². The zero-order valence-corrected chi connectivity index (χ0v) is 14.8. The molecule has 0 aromatic heterocycles. The Kier molecular flexibility index (Phi) is 4.90. The van der Waals surface area contributed by atoms with Crippen LogP contribution in [-0.2, 0) is 14.2 Å². The molecule has 3 rings (SSSR count). The van der Waals surface area contributed by atoms with Crippen molar-refractivity contribution in [2.45, 2.75) is 45.3 Å². The maximum absolute atomic E-state index is 12.3. The van der Waals surface area contributed by atoms with E-state index in [0.717, 1.165) is 19.4 Å². The fourth-order valence-corrected chi connectivity index (χ4v) is 3.63. The zero-order valence-electron chi connectivity index (χ0n) is 14.8. The standard InChI is InChI=1S/C17H28N2O5/c1-17(2,3)24-16(21)18-6-4-12-8-19(10-13(12)9-18)15(20)23-14-5-7-22-11-14/h12-14H,4-11H2,1-3H3. The summed E-state index contributed by atoms with van der Waals surface area (Å²) in [5.74, 6) is 0.745. The van der Waals surface area contributed by atoms with Gasteiger partial charge in [0, 0.05) is 32.6 Å². The Morgan fingerprint density at radius 1 is 1.00 bits per heavy atom. The molecule has 3 aliphatic heterocycles. The molecular formula is C17H28N2O5. The molecule has 0 N–H and O–H groups in total. The number of carbonyl (C=O) groups excluding carboxylic acids is 2. The van der Waals surface area contributed by atoms with Gasteiger partial charge in [-0.05, 0) is 39.0 Å². The highest BCUT2D eigenvalue weighted by molar-refractivity contribution is 5.69. The Hall–Kier alpha value is -1.50. The molecule has 3 fully saturated rings. The number of rotatable bonds is 1. The van der Waals surface area contributed by atoms with Crippen molar-refractivity contribution in [1.82, 2.24) is 9.80 Å². The lowest BCUT2D eigenvalue weighted by Crippen LogP contribution is -2.45. The predicted molar refractivity (Wildman–Crippen MR) is 86.7 cm³/mol. The van der Waals surface area contributed by atoms with Gasteiger partial charge in [0.2, 0.25) is 0 Å². The molecule has 3 saturated heterocycles. The molecule has 3 aliphatic rings. The Bertz CT molecular complexity index is 484. The summed E-state index contributed by atoms with van der Waals surface area (Å²) in [6.07, 6.45) is 1.06. The van der Waals surface area contributed by atoms with E-state index in [0.29, 0.717) is 44.7 Å². The number of fused-ring (bicyclic) bond motifs is 1. The van der Waals surface area contributed by atoms with Crippen LogP contribution in [0.2, 0.25) is 0 Å². The van der Waals surface area contributed by atoms with Crippen molar-refractivity contribution >= 4 is 12.2 Å². The third kappa shape index (κ3) is 4.12. The highest BCUT2D eigenvalue weighted by atomic mass is 16.6. The summed E-state index contributed by atoms with van der Waals surface area (Å²) in [5, 5.41) is 0. The summed E-state index contributed by atoms with van der Waals surface area (Å²) in [4.78, 5) is 28.1. The number of nitrogens with zero attached hydrogens (tertiary/aromatic N) is 2. The number of ether oxygens (including phenoxy) is 3. The van der Waals surface area contributed by atoms with Crippen LogP contribution in [0.25, 0.3) is 0 Å². The lowest BCUT2D eigenvalue weighted by atomic mass is 9.89. The third-order valence-electron chi connectivity index (χ3n) is 4.87. The average Bonchev–Trinajstić information content (AvgIpc) is 3.13. The molecule has 0 bridgehead atoms. The largest absolute Gasteiger partial charge is 0.444 e. The second-order valence-corrected chi connectivity index (χ2v) is 8.01. The van der Waals surface area contributed by atoms with Crippen molar-refractivity contribution < 1.29 is 23.8 Å². The number of hydrogen-bond acceptors (Lipinski definition) is 5. The Balaban J connectivity index is 1.50. The minimum absolute atomic E-state index is 0.113. The van der Waals surface area contributed by atoms with Gasteiger partial charge in [-0.15, -0.1) is 0 Å². The molecule has 0 spiro atoms. The molecule has 3 atom stereocenters. The first kappa shape index (κ1) is 17.3. The molecule has 0 radical (unpaired) electrons. The van der Waals surface area contributed by atoms with Gasteiger partial charge in [-0.25, -0.2) is 9.59 Å². The fourth-order valence-electron chi connectivity index (χ4n) is 3.63. The molecule has 136 valence electrons.